The molecule has 4 atom stereocenters. The van der Waals surface area contributed by atoms with E-state index in [4.69, 9.17) is 10.8 Å². The second-order valence-corrected chi connectivity index (χ2v) is 5.95. The fourth-order valence-corrected chi connectivity index (χ4v) is 1.96. The van der Waals surface area contributed by atoms with Crippen LogP contribution < -0.4 is 21.7 Å². The van der Waals surface area contributed by atoms with Crippen LogP contribution >= 0.6 is 0 Å². The van der Waals surface area contributed by atoms with Gasteiger partial charge in [-0.2, -0.15) is 0 Å². The normalized spacial score (nSPS) is 15.1. The molecule has 0 radical (unpaired) electrons. The monoisotopic (exact) mass is 384 g/mol. The van der Waals surface area contributed by atoms with Crippen molar-refractivity contribution in [2.45, 2.75) is 44.5 Å². The van der Waals surface area contributed by atoms with Crippen LogP contribution in [-0.2, 0) is 25.6 Å². The van der Waals surface area contributed by atoms with Gasteiger partial charge in [-0.1, -0.05) is 0 Å². The molecule has 1 heterocycles. The zero-order valence-corrected chi connectivity index (χ0v) is 14.9. The van der Waals surface area contributed by atoms with E-state index in [9.17, 15) is 24.3 Å². The highest BCUT2D eigenvalue weighted by Gasteiger charge is 2.27. The first-order valence-electron chi connectivity index (χ1n) is 8.13. The van der Waals surface area contributed by atoms with E-state index in [1.54, 1.807) is 0 Å². The first kappa shape index (κ1) is 22.1. The minimum absolute atomic E-state index is 0.0389. The molecule has 0 spiro atoms. The molecule has 0 saturated heterocycles. The molecule has 0 aliphatic heterocycles. The van der Waals surface area contributed by atoms with Gasteiger partial charge in [0.1, 0.15) is 18.1 Å². The third-order valence-electron chi connectivity index (χ3n) is 3.61. The Morgan fingerprint density at radius 2 is 1.89 bits per heavy atom. The Morgan fingerprint density at radius 1 is 1.22 bits per heavy atom. The SMILES string of the molecule is CC(NC(=O)CNC(=O)C(Cc1cnc[nH]1)NC(=O)C(N)C(C)O)C(=O)O. The molecule has 4 unspecified atom stereocenters. The lowest BCUT2D eigenvalue weighted by molar-refractivity contribution is -0.141. The van der Waals surface area contributed by atoms with Crippen LogP contribution in [0.15, 0.2) is 12.5 Å². The Morgan fingerprint density at radius 3 is 2.41 bits per heavy atom. The topological polar surface area (TPSA) is 200 Å². The third kappa shape index (κ3) is 7.42. The average molecular weight is 384 g/mol. The number of aliphatic hydroxyl groups is 1. The average Bonchev–Trinajstić information content (AvgIpc) is 3.11. The largest absolute Gasteiger partial charge is 0.480 e. The molecule has 1 aromatic heterocycles. The number of H-pyrrole nitrogens is 1. The number of aromatic nitrogens is 2. The van der Waals surface area contributed by atoms with Gasteiger partial charge in [0.15, 0.2) is 0 Å². The minimum atomic E-state index is -1.23. The number of carbonyl (C=O) groups is 4. The first-order valence-corrected chi connectivity index (χ1v) is 8.13. The van der Waals surface area contributed by atoms with E-state index >= 15 is 0 Å². The van der Waals surface area contributed by atoms with Gasteiger partial charge >= 0.3 is 5.97 Å². The molecule has 0 aliphatic rings. The molecule has 150 valence electrons. The van der Waals surface area contributed by atoms with Crippen molar-refractivity contribution < 1.29 is 29.4 Å². The minimum Gasteiger partial charge on any atom is -0.480 e. The van der Waals surface area contributed by atoms with Crippen molar-refractivity contribution in [3.63, 3.8) is 0 Å². The Kier molecular flexibility index (Phi) is 8.35. The Labute approximate surface area is 154 Å². The molecule has 1 rings (SSSR count). The quantitative estimate of drug-likeness (QED) is 0.219. The van der Waals surface area contributed by atoms with Crippen LogP contribution in [0.3, 0.4) is 0 Å². The van der Waals surface area contributed by atoms with Crippen LogP contribution in [0.5, 0.6) is 0 Å². The number of rotatable bonds is 10. The summed E-state index contributed by atoms with van der Waals surface area (Å²) in [5.74, 6) is -3.35. The van der Waals surface area contributed by atoms with Crippen molar-refractivity contribution in [3.8, 4) is 0 Å². The van der Waals surface area contributed by atoms with Crippen LogP contribution in [-0.4, -0.2) is 74.6 Å². The number of hydrogen-bond donors (Lipinski definition) is 7. The third-order valence-corrected chi connectivity index (χ3v) is 3.61. The van der Waals surface area contributed by atoms with Crippen molar-refractivity contribution >= 4 is 23.7 Å². The zero-order chi connectivity index (χ0) is 20.6. The summed E-state index contributed by atoms with van der Waals surface area (Å²) in [5, 5.41) is 25.1. The second kappa shape index (κ2) is 10.2. The molecule has 0 aliphatic carbocycles. The molecular formula is C15H24N6O6. The fourth-order valence-electron chi connectivity index (χ4n) is 1.96. The molecule has 12 nitrogen and oxygen atoms in total. The van der Waals surface area contributed by atoms with E-state index in [2.05, 4.69) is 25.9 Å². The summed E-state index contributed by atoms with van der Waals surface area (Å²) in [6.07, 6.45) is 1.78. The van der Waals surface area contributed by atoms with Crippen LogP contribution in [0.25, 0.3) is 0 Å². The van der Waals surface area contributed by atoms with E-state index in [0.717, 1.165) is 0 Å². The van der Waals surface area contributed by atoms with E-state index in [0.29, 0.717) is 5.69 Å². The molecule has 3 amide bonds. The highest BCUT2D eigenvalue weighted by atomic mass is 16.4. The van der Waals surface area contributed by atoms with Gasteiger partial charge in [0, 0.05) is 18.3 Å². The van der Waals surface area contributed by atoms with Gasteiger partial charge in [-0.05, 0) is 13.8 Å². The maximum atomic E-state index is 12.4. The van der Waals surface area contributed by atoms with Crippen LogP contribution in [0, 0.1) is 0 Å². The number of amides is 3. The predicted octanol–water partition coefficient (Wildman–Crippen LogP) is -3.15. The summed E-state index contributed by atoms with van der Waals surface area (Å²) >= 11 is 0. The summed E-state index contributed by atoms with van der Waals surface area (Å²) in [7, 11) is 0. The fraction of sp³-hybridized carbons (Fsp3) is 0.533. The number of carbonyl (C=O) groups excluding carboxylic acids is 3. The van der Waals surface area contributed by atoms with Gasteiger partial charge < -0.3 is 36.9 Å². The molecular weight excluding hydrogens is 360 g/mol. The van der Waals surface area contributed by atoms with Gasteiger partial charge in [0.25, 0.3) is 0 Å². The molecule has 0 fully saturated rings. The zero-order valence-electron chi connectivity index (χ0n) is 14.9. The van der Waals surface area contributed by atoms with Gasteiger partial charge in [0.2, 0.25) is 17.7 Å². The number of carboxylic acids is 1. The highest BCUT2D eigenvalue weighted by Crippen LogP contribution is 2.00. The number of nitrogens with zero attached hydrogens (tertiary/aromatic N) is 1. The number of imidazole rings is 1. The summed E-state index contributed by atoms with van der Waals surface area (Å²) in [6, 6.07) is -3.44. The van der Waals surface area contributed by atoms with Crippen LogP contribution in [0.1, 0.15) is 19.5 Å². The Balaban J connectivity index is 2.70. The smallest absolute Gasteiger partial charge is 0.325 e. The second-order valence-electron chi connectivity index (χ2n) is 5.95. The van der Waals surface area contributed by atoms with Crippen molar-refractivity contribution in [1.29, 1.82) is 0 Å². The van der Waals surface area contributed by atoms with Crippen LogP contribution in [0.4, 0.5) is 0 Å². The lowest BCUT2D eigenvalue weighted by atomic mass is 10.1. The predicted molar refractivity (Wildman–Crippen MR) is 92.1 cm³/mol. The number of carboxylic acid groups (broad SMARTS) is 1. The first-order chi connectivity index (χ1) is 12.6. The van der Waals surface area contributed by atoms with E-state index in [-0.39, 0.29) is 6.42 Å². The number of hydrogen-bond acceptors (Lipinski definition) is 7. The molecule has 27 heavy (non-hydrogen) atoms. The molecule has 1 aromatic rings. The van der Waals surface area contributed by atoms with Gasteiger partial charge in [-0.3, -0.25) is 19.2 Å². The van der Waals surface area contributed by atoms with Gasteiger partial charge in [-0.15, -0.1) is 0 Å². The summed E-state index contributed by atoms with van der Waals surface area (Å²) in [6.45, 7) is 2.14. The molecule has 0 saturated carbocycles. The number of nitrogens with two attached hydrogens (primary N) is 1. The van der Waals surface area contributed by atoms with Crippen LogP contribution in [0.2, 0.25) is 0 Å². The lowest BCUT2D eigenvalue weighted by Gasteiger charge is -2.21. The number of aromatic amines is 1. The number of nitrogens with one attached hydrogen (secondary N) is 4. The van der Waals surface area contributed by atoms with Gasteiger partial charge in [-0.25, -0.2) is 4.98 Å². The maximum Gasteiger partial charge on any atom is 0.325 e. The summed E-state index contributed by atoms with van der Waals surface area (Å²) < 4.78 is 0. The highest BCUT2D eigenvalue weighted by molar-refractivity contribution is 5.92. The molecule has 0 aromatic carbocycles. The van der Waals surface area contributed by atoms with E-state index in [1.165, 1.54) is 26.4 Å². The van der Waals surface area contributed by atoms with Crippen molar-refractivity contribution in [1.82, 2.24) is 25.9 Å². The van der Waals surface area contributed by atoms with Crippen molar-refractivity contribution in [2.24, 2.45) is 5.73 Å². The summed E-state index contributed by atoms with van der Waals surface area (Å²) in [5.41, 5.74) is 6.10. The maximum absolute atomic E-state index is 12.4. The molecule has 0 bridgehead atoms. The van der Waals surface area contributed by atoms with Crippen molar-refractivity contribution in [2.75, 3.05) is 6.54 Å². The number of aliphatic hydroxyl groups excluding tert-OH is 1. The Bertz CT molecular complexity index is 662. The summed E-state index contributed by atoms with van der Waals surface area (Å²) in [4.78, 5) is 53.4. The lowest BCUT2D eigenvalue weighted by Crippen LogP contribution is -2.56. The Hall–Kier alpha value is -2.99. The van der Waals surface area contributed by atoms with E-state index in [1.807, 2.05) is 0 Å². The molecule has 8 N–H and O–H groups in total. The standard InChI is InChI=1S/C15H24N6O6/c1-7(15(26)27)20-11(23)5-18-13(24)10(3-9-4-17-6-19-9)21-14(25)12(16)8(2)22/h4,6-8,10,12,22H,3,5,16H2,1-2H3,(H,17,19)(H,18,24)(H,20,23)(H,21,25)(H,26,27). The molecule has 12 heteroatoms. The van der Waals surface area contributed by atoms with Gasteiger partial charge in [0.05, 0.1) is 19.0 Å². The van der Waals surface area contributed by atoms with E-state index < -0.39 is 54.5 Å². The number of aliphatic carboxylic acids is 1. The van der Waals surface area contributed by atoms with Crippen molar-refractivity contribution in [3.05, 3.63) is 18.2 Å².